The number of amides is 1. The van der Waals surface area contributed by atoms with Gasteiger partial charge in [0.05, 0.1) is 13.2 Å². The van der Waals surface area contributed by atoms with Gasteiger partial charge in [0, 0.05) is 6.54 Å². The Balaban J connectivity index is 1.78. The maximum absolute atomic E-state index is 12.8. The highest BCUT2D eigenvalue weighted by molar-refractivity contribution is 5.80. The molecule has 1 saturated heterocycles. The number of nitrogens with zero attached hydrogens (tertiary/aromatic N) is 1. The predicted octanol–water partition coefficient (Wildman–Crippen LogP) is 4.13. The highest BCUT2D eigenvalue weighted by atomic mass is 16.6. The van der Waals surface area contributed by atoms with Crippen molar-refractivity contribution in [1.82, 2.24) is 4.90 Å². The van der Waals surface area contributed by atoms with Gasteiger partial charge in [-0.2, -0.15) is 0 Å². The number of likely N-dealkylation sites (tertiary alicyclic amines) is 1. The number of piperidine rings is 1. The van der Waals surface area contributed by atoms with Gasteiger partial charge in [0.25, 0.3) is 0 Å². The number of hydrogen-bond donors (Lipinski definition) is 0. The summed E-state index contributed by atoms with van der Waals surface area (Å²) in [7, 11) is 1.39. The maximum atomic E-state index is 12.8. The van der Waals surface area contributed by atoms with E-state index in [9.17, 15) is 9.59 Å². The van der Waals surface area contributed by atoms with Gasteiger partial charge in [0.2, 0.25) is 0 Å². The molecule has 1 fully saturated rings. The Morgan fingerprint density at radius 1 is 1.04 bits per heavy atom. The van der Waals surface area contributed by atoms with Gasteiger partial charge in [-0.15, -0.1) is 0 Å². The molecule has 1 aliphatic rings. The van der Waals surface area contributed by atoms with Crippen molar-refractivity contribution < 1.29 is 19.1 Å². The summed E-state index contributed by atoms with van der Waals surface area (Å²) in [5.74, 6) is -0.838. The Bertz CT molecular complexity index is 747. The molecule has 0 aromatic heterocycles. The molecule has 0 radical (unpaired) electrons. The molecular weight excluding hydrogens is 342 g/mol. The Morgan fingerprint density at radius 3 is 2.37 bits per heavy atom. The van der Waals surface area contributed by atoms with Gasteiger partial charge >= 0.3 is 12.1 Å². The van der Waals surface area contributed by atoms with Crippen LogP contribution in [0.2, 0.25) is 0 Å². The predicted molar refractivity (Wildman–Crippen MR) is 102 cm³/mol. The van der Waals surface area contributed by atoms with Gasteiger partial charge in [0.1, 0.15) is 12.5 Å². The number of benzene rings is 2. The van der Waals surface area contributed by atoms with Crippen LogP contribution >= 0.6 is 0 Å². The van der Waals surface area contributed by atoms with E-state index < -0.39 is 5.92 Å². The van der Waals surface area contributed by atoms with Gasteiger partial charge in [-0.1, -0.05) is 60.7 Å². The molecule has 0 saturated carbocycles. The van der Waals surface area contributed by atoms with Crippen molar-refractivity contribution in [1.29, 1.82) is 0 Å². The van der Waals surface area contributed by atoms with E-state index in [0.29, 0.717) is 6.54 Å². The minimum absolute atomic E-state index is 0.219. The maximum Gasteiger partial charge on any atom is 0.410 e. The molecule has 2 aromatic rings. The quantitative estimate of drug-likeness (QED) is 0.746. The average molecular weight is 367 g/mol. The van der Waals surface area contributed by atoms with Gasteiger partial charge in [-0.05, 0) is 30.4 Å². The first-order valence-corrected chi connectivity index (χ1v) is 9.31. The molecule has 0 spiro atoms. The minimum Gasteiger partial charge on any atom is -0.468 e. The Hall–Kier alpha value is -2.82. The molecule has 0 aliphatic carbocycles. The fourth-order valence-electron chi connectivity index (χ4n) is 3.64. The Labute approximate surface area is 159 Å². The third-order valence-electron chi connectivity index (χ3n) is 4.99. The Morgan fingerprint density at radius 2 is 1.70 bits per heavy atom. The van der Waals surface area contributed by atoms with Crippen LogP contribution in [0.4, 0.5) is 4.79 Å². The van der Waals surface area contributed by atoms with E-state index in [2.05, 4.69) is 0 Å². The smallest absolute Gasteiger partial charge is 0.410 e. The van der Waals surface area contributed by atoms with E-state index >= 15 is 0 Å². The van der Waals surface area contributed by atoms with Gasteiger partial charge in [0.15, 0.2) is 0 Å². The number of carbonyl (C=O) groups excluding carboxylic acids is 2. The third kappa shape index (κ3) is 4.67. The molecule has 1 amide bonds. The van der Waals surface area contributed by atoms with Gasteiger partial charge in [-0.25, -0.2) is 4.79 Å². The summed E-state index contributed by atoms with van der Waals surface area (Å²) in [6.45, 7) is 0.801. The van der Waals surface area contributed by atoms with Crippen LogP contribution in [0.1, 0.15) is 36.3 Å². The lowest BCUT2D eigenvalue weighted by Gasteiger charge is -2.38. The first kappa shape index (κ1) is 19.0. The minimum atomic E-state index is -0.513. The van der Waals surface area contributed by atoms with Crippen molar-refractivity contribution in [2.75, 3.05) is 13.7 Å². The largest absolute Gasteiger partial charge is 0.468 e. The van der Waals surface area contributed by atoms with E-state index in [1.165, 1.54) is 7.11 Å². The fraction of sp³-hybridized carbons (Fsp3) is 0.364. The standard InChI is InChI=1S/C22H25NO4/c1-26-21(24)20(18-12-6-3-7-13-18)19-14-8-9-15-23(19)22(25)27-16-17-10-4-2-5-11-17/h2-7,10-13,19-20H,8-9,14-16H2,1H3/t19-,20-/m1/s1. The monoisotopic (exact) mass is 367 g/mol. The second kappa shape index (κ2) is 9.21. The van der Waals surface area contributed by atoms with Crippen molar-refractivity contribution in [2.45, 2.75) is 37.8 Å². The third-order valence-corrected chi connectivity index (χ3v) is 4.99. The van der Waals surface area contributed by atoms with Crippen molar-refractivity contribution in [3.05, 3.63) is 71.8 Å². The number of hydrogen-bond acceptors (Lipinski definition) is 4. The number of rotatable bonds is 5. The lowest BCUT2D eigenvalue weighted by Crippen LogP contribution is -2.49. The summed E-state index contributed by atoms with van der Waals surface area (Å²) in [5, 5.41) is 0. The van der Waals surface area contributed by atoms with E-state index in [0.717, 1.165) is 30.4 Å². The molecule has 0 bridgehead atoms. The molecular formula is C22H25NO4. The summed E-state index contributed by atoms with van der Waals surface area (Å²) in [6.07, 6.45) is 2.23. The van der Waals surface area contributed by atoms with Crippen LogP contribution in [-0.4, -0.2) is 36.7 Å². The summed E-state index contributed by atoms with van der Waals surface area (Å²) < 4.78 is 10.6. The van der Waals surface area contributed by atoms with E-state index in [-0.39, 0.29) is 24.7 Å². The molecule has 2 atom stereocenters. The number of methoxy groups -OCH3 is 1. The SMILES string of the molecule is COC(=O)[C@H](c1ccccc1)[C@H]1CCCCN1C(=O)OCc1ccccc1. The zero-order valence-corrected chi connectivity index (χ0v) is 15.5. The molecule has 3 rings (SSSR count). The normalized spacial score (nSPS) is 17.8. The van der Waals surface area contributed by atoms with E-state index in [1.54, 1.807) is 4.90 Å². The summed E-state index contributed by atoms with van der Waals surface area (Å²) in [6, 6.07) is 18.8. The van der Waals surface area contributed by atoms with Crippen molar-refractivity contribution in [3.8, 4) is 0 Å². The molecule has 142 valence electrons. The summed E-state index contributed by atoms with van der Waals surface area (Å²) >= 11 is 0. The highest BCUT2D eigenvalue weighted by Gasteiger charge is 2.39. The van der Waals surface area contributed by atoms with Gasteiger partial charge in [-0.3, -0.25) is 4.79 Å². The van der Waals surface area contributed by atoms with E-state index in [1.807, 2.05) is 60.7 Å². The average Bonchev–Trinajstić information content (AvgIpc) is 2.74. The van der Waals surface area contributed by atoms with Crippen LogP contribution < -0.4 is 0 Å². The van der Waals surface area contributed by atoms with Crippen LogP contribution in [0.15, 0.2) is 60.7 Å². The summed E-state index contributed by atoms with van der Waals surface area (Å²) in [4.78, 5) is 27.0. The molecule has 2 aromatic carbocycles. The molecule has 27 heavy (non-hydrogen) atoms. The second-order valence-electron chi connectivity index (χ2n) is 6.71. The number of carbonyl (C=O) groups is 2. The molecule has 0 unspecified atom stereocenters. The number of ether oxygens (including phenoxy) is 2. The summed E-state index contributed by atoms with van der Waals surface area (Å²) in [5.41, 5.74) is 1.80. The van der Waals surface area contributed by atoms with Crippen molar-refractivity contribution in [3.63, 3.8) is 0 Å². The van der Waals surface area contributed by atoms with Crippen LogP contribution in [-0.2, 0) is 20.9 Å². The zero-order valence-electron chi connectivity index (χ0n) is 15.5. The molecule has 5 nitrogen and oxygen atoms in total. The first-order chi connectivity index (χ1) is 13.2. The Kier molecular flexibility index (Phi) is 6.47. The van der Waals surface area contributed by atoms with Crippen LogP contribution in [0.25, 0.3) is 0 Å². The highest BCUT2D eigenvalue weighted by Crippen LogP contribution is 2.32. The van der Waals surface area contributed by atoms with Crippen LogP contribution in [0.5, 0.6) is 0 Å². The van der Waals surface area contributed by atoms with Crippen molar-refractivity contribution in [2.24, 2.45) is 0 Å². The number of esters is 1. The topological polar surface area (TPSA) is 55.8 Å². The first-order valence-electron chi connectivity index (χ1n) is 9.31. The lowest BCUT2D eigenvalue weighted by atomic mass is 9.85. The fourth-order valence-corrected chi connectivity index (χ4v) is 3.64. The van der Waals surface area contributed by atoms with Crippen molar-refractivity contribution >= 4 is 12.1 Å². The molecule has 0 N–H and O–H groups in total. The van der Waals surface area contributed by atoms with Crippen LogP contribution in [0.3, 0.4) is 0 Å². The molecule has 1 aliphatic heterocycles. The van der Waals surface area contributed by atoms with Gasteiger partial charge < -0.3 is 14.4 Å². The second-order valence-corrected chi connectivity index (χ2v) is 6.71. The van der Waals surface area contributed by atoms with Crippen LogP contribution in [0, 0.1) is 0 Å². The zero-order chi connectivity index (χ0) is 19.1. The molecule has 5 heteroatoms. The lowest BCUT2D eigenvalue weighted by molar-refractivity contribution is -0.144. The molecule has 1 heterocycles. The van der Waals surface area contributed by atoms with E-state index in [4.69, 9.17) is 9.47 Å².